The van der Waals surface area contributed by atoms with Gasteiger partial charge < -0.3 is 19.3 Å². The second kappa shape index (κ2) is 11.1. The first-order chi connectivity index (χ1) is 13.9. The number of halogens is 1. The van der Waals surface area contributed by atoms with Crippen LogP contribution in [0, 0.1) is 0 Å². The van der Waals surface area contributed by atoms with Crippen LogP contribution in [0.3, 0.4) is 0 Å². The van der Waals surface area contributed by atoms with Crippen LogP contribution in [-0.4, -0.2) is 43.5 Å². The SMILES string of the molecule is CCCOc1ccc(C(=O)N/N=C/c2ccc(OCC(=O)O)c(Br)c2)cc1OC. The molecule has 0 bridgehead atoms. The van der Waals surface area contributed by atoms with Crippen LogP contribution in [0.2, 0.25) is 0 Å². The van der Waals surface area contributed by atoms with Crippen LogP contribution in [0.15, 0.2) is 46.0 Å². The molecule has 8 nitrogen and oxygen atoms in total. The van der Waals surface area contributed by atoms with Gasteiger partial charge in [-0.2, -0.15) is 5.10 Å². The normalized spacial score (nSPS) is 10.6. The number of amides is 1. The lowest BCUT2D eigenvalue weighted by Crippen LogP contribution is -2.17. The number of carboxylic acids is 1. The number of nitrogens with zero attached hydrogens (tertiary/aromatic N) is 1. The van der Waals surface area contributed by atoms with Gasteiger partial charge in [-0.1, -0.05) is 6.92 Å². The zero-order chi connectivity index (χ0) is 21.2. The maximum absolute atomic E-state index is 12.3. The van der Waals surface area contributed by atoms with Gasteiger partial charge in [0, 0.05) is 5.56 Å². The minimum atomic E-state index is -1.06. The Morgan fingerprint density at radius 3 is 2.55 bits per heavy atom. The molecular weight excluding hydrogens is 444 g/mol. The molecule has 2 aromatic rings. The second-order valence-corrected chi connectivity index (χ2v) is 6.64. The van der Waals surface area contributed by atoms with Gasteiger partial charge in [-0.05, 0) is 64.3 Å². The Hall–Kier alpha value is -3.07. The highest BCUT2D eigenvalue weighted by molar-refractivity contribution is 9.10. The summed E-state index contributed by atoms with van der Waals surface area (Å²) in [4.78, 5) is 22.9. The van der Waals surface area contributed by atoms with Gasteiger partial charge >= 0.3 is 5.97 Å². The molecule has 1 amide bonds. The maximum atomic E-state index is 12.3. The summed E-state index contributed by atoms with van der Waals surface area (Å²) in [6.07, 6.45) is 2.32. The fourth-order valence-corrected chi connectivity index (χ4v) is 2.73. The van der Waals surface area contributed by atoms with Gasteiger partial charge in [-0.15, -0.1) is 0 Å². The summed E-state index contributed by atoms with van der Waals surface area (Å²) < 4.78 is 16.5. The van der Waals surface area contributed by atoms with Crippen LogP contribution in [0.25, 0.3) is 0 Å². The van der Waals surface area contributed by atoms with Crippen molar-refractivity contribution in [3.63, 3.8) is 0 Å². The predicted octanol–water partition coefficient (Wildman–Crippen LogP) is 3.47. The number of aliphatic carboxylic acids is 1. The quantitative estimate of drug-likeness (QED) is 0.411. The van der Waals surface area contributed by atoms with E-state index in [1.807, 2.05) is 6.92 Å². The maximum Gasteiger partial charge on any atom is 0.341 e. The van der Waals surface area contributed by atoms with E-state index in [2.05, 4.69) is 26.5 Å². The van der Waals surface area contributed by atoms with Gasteiger partial charge in [-0.25, -0.2) is 10.2 Å². The van der Waals surface area contributed by atoms with E-state index in [-0.39, 0.29) is 0 Å². The third kappa shape index (κ3) is 6.79. The minimum Gasteiger partial charge on any atom is -0.493 e. The predicted molar refractivity (Wildman–Crippen MR) is 111 cm³/mol. The lowest BCUT2D eigenvalue weighted by Gasteiger charge is -2.11. The number of hydrazone groups is 1. The van der Waals surface area contributed by atoms with Crippen molar-refractivity contribution in [2.75, 3.05) is 20.3 Å². The van der Waals surface area contributed by atoms with Crippen molar-refractivity contribution in [1.29, 1.82) is 0 Å². The van der Waals surface area contributed by atoms with Gasteiger partial charge in [0.05, 0.1) is 24.4 Å². The molecule has 0 aromatic heterocycles. The number of rotatable bonds is 10. The zero-order valence-electron chi connectivity index (χ0n) is 16.0. The smallest absolute Gasteiger partial charge is 0.341 e. The molecule has 0 saturated carbocycles. The topological polar surface area (TPSA) is 106 Å². The van der Waals surface area contributed by atoms with E-state index in [9.17, 15) is 9.59 Å². The molecule has 154 valence electrons. The Morgan fingerprint density at radius 1 is 1.14 bits per heavy atom. The summed E-state index contributed by atoms with van der Waals surface area (Å²) in [6, 6.07) is 9.87. The first-order valence-corrected chi connectivity index (χ1v) is 9.52. The summed E-state index contributed by atoms with van der Waals surface area (Å²) in [5, 5.41) is 12.6. The summed E-state index contributed by atoms with van der Waals surface area (Å²) in [5.74, 6) is -0.0274. The second-order valence-electron chi connectivity index (χ2n) is 5.79. The van der Waals surface area contributed by atoms with Crippen molar-refractivity contribution >= 4 is 34.0 Å². The van der Waals surface area contributed by atoms with Gasteiger partial charge in [-0.3, -0.25) is 4.79 Å². The number of carbonyl (C=O) groups is 2. The van der Waals surface area contributed by atoms with Crippen LogP contribution >= 0.6 is 15.9 Å². The third-order valence-electron chi connectivity index (χ3n) is 3.57. The molecule has 0 heterocycles. The van der Waals surface area contributed by atoms with Crippen molar-refractivity contribution < 1.29 is 28.9 Å². The molecule has 2 aromatic carbocycles. The summed E-state index contributed by atoms with van der Waals surface area (Å²) >= 11 is 3.30. The zero-order valence-corrected chi connectivity index (χ0v) is 17.6. The Bertz CT molecular complexity index is 901. The highest BCUT2D eigenvalue weighted by Crippen LogP contribution is 2.28. The minimum absolute atomic E-state index is 0.376. The molecule has 0 unspecified atom stereocenters. The van der Waals surface area contributed by atoms with E-state index >= 15 is 0 Å². The van der Waals surface area contributed by atoms with Gasteiger partial charge in [0.2, 0.25) is 0 Å². The fraction of sp³-hybridized carbons (Fsp3) is 0.250. The van der Waals surface area contributed by atoms with Crippen LogP contribution < -0.4 is 19.6 Å². The van der Waals surface area contributed by atoms with E-state index in [1.165, 1.54) is 13.3 Å². The lowest BCUT2D eigenvalue weighted by molar-refractivity contribution is -0.139. The van der Waals surface area contributed by atoms with Gasteiger partial charge in [0.15, 0.2) is 18.1 Å². The summed E-state index contributed by atoms with van der Waals surface area (Å²) in [5.41, 5.74) is 3.50. The average molecular weight is 465 g/mol. The monoisotopic (exact) mass is 464 g/mol. The Morgan fingerprint density at radius 2 is 1.90 bits per heavy atom. The van der Waals surface area contributed by atoms with Gasteiger partial charge in [0.25, 0.3) is 5.91 Å². The van der Waals surface area contributed by atoms with Crippen LogP contribution in [-0.2, 0) is 4.79 Å². The highest BCUT2D eigenvalue weighted by atomic mass is 79.9. The molecule has 0 aliphatic carbocycles. The highest BCUT2D eigenvalue weighted by Gasteiger charge is 2.11. The number of hydrogen-bond acceptors (Lipinski definition) is 6. The van der Waals surface area contributed by atoms with Crippen LogP contribution in [0.5, 0.6) is 17.2 Å². The molecule has 0 atom stereocenters. The standard InChI is InChI=1S/C20H21BrN2O6/c1-3-8-28-17-7-5-14(10-18(17)27-2)20(26)23-22-11-13-4-6-16(15(21)9-13)29-12-19(24)25/h4-7,9-11H,3,8,12H2,1-2H3,(H,23,26)(H,24,25)/b22-11+. The molecule has 0 aliphatic heterocycles. The number of hydrogen-bond donors (Lipinski definition) is 2. The first-order valence-electron chi connectivity index (χ1n) is 8.73. The van der Waals surface area contributed by atoms with E-state index in [0.717, 1.165) is 6.42 Å². The van der Waals surface area contributed by atoms with Crippen molar-refractivity contribution in [2.24, 2.45) is 5.10 Å². The number of nitrogens with one attached hydrogen (secondary N) is 1. The van der Waals surface area contributed by atoms with Crippen LogP contribution in [0.1, 0.15) is 29.3 Å². The molecule has 0 fully saturated rings. The number of benzene rings is 2. The fourth-order valence-electron chi connectivity index (χ4n) is 2.22. The van der Waals surface area contributed by atoms with Crippen molar-refractivity contribution in [2.45, 2.75) is 13.3 Å². The lowest BCUT2D eigenvalue weighted by atomic mass is 10.2. The Balaban J connectivity index is 2.00. The number of carbonyl (C=O) groups excluding carboxylic acids is 1. The van der Waals surface area contributed by atoms with Crippen molar-refractivity contribution in [3.8, 4) is 17.2 Å². The van der Waals surface area contributed by atoms with Crippen LogP contribution in [0.4, 0.5) is 0 Å². The van der Waals surface area contributed by atoms with E-state index in [4.69, 9.17) is 19.3 Å². The summed E-state index contributed by atoms with van der Waals surface area (Å²) in [7, 11) is 1.51. The van der Waals surface area contributed by atoms with E-state index in [0.29, 0.717) is 39.5 Å². The first kappa shape index (κ1) is 22.2. The van der Waals surface area contributed by atoms with E-state index < -0.39 is 18.5 Å². The molecule has 9 heteroatoms. The van der Waals surface area contributed by atoms with Crippen molar-refractivity contribution in [1.82, 2.24) is 5.43 Å². The molecule has 0 spiro atoms. The Labute approximate surface area is 176 Å². The Kier molecular flexibility index (Phi) is 8.47. The third-order valence-corrected chi connectivity index (χ3v) is 4.19. The van der Waals surface area contributed by atoms with Gasteiger partial charge in [0.1, 0.15) is 5.75 Å². The molecule has 2 N–H and O–H groups in total. The largest absolute Gasteiger partial charge is 0.493 e. The number of ether oxygens (including phenoxy) is 3. The number of carboxylic acid groups (broad SMARTS) is 1. The summed E-state index contributed by atoms with van der Waals surface area (Å²) in [6.45, 7) is 2.12. The molecule has 0 aliphatic rings. The van der Waals surface area contributed by atoms with E-state index in [1.54, 1.807) is 36.4 Å². The molecule has 29 heavy (non-hydrogen) atoms. The molecular formula is C20H21BrN2O6. The average Bonchev–Trinajstić information content (AvgIpc) is 2.71. The molecule has 0 radical (unpaired) electrons. The molecule has 0 saturated heterocycles. The van der Waals surface area contributed by atoms with Crippen molar-refractivity contribution in [3.05, 3.63) is 52.0 Å². The number of methoxy groups -OCH3 is 1. The molecule has 2 rings (SSSR count).